The summed E-state index contributed by atoms with van der Waals surface area (Å²) in [5, 5.41) is 3.48. The van der Waals surface area contributed by atoms with Crippen molar-refractivity contribution < 1.29 is 19.1 Å². The lowest BCUT2D eigenvalue weighted by molar-refractivity contribution is -0.222. The third kappa shape index (κ3) is 8.49. The summed E-state index contributed by atoms with van der Waals surface area (Å²) in [6.07, 6.45) is 2.74. The Morgan fingerprint density at radius 3 is 2.00 bits per heavy atom. The number of cyclic esters (lactones) is 2. The van der Waals surface area contributed by atoms with Gasteiger partial charge in [-0.2, -0.15) is 0 Å². The number of carbonyl (C=O) groups is 2. The summed E-state index contributed by atoms with van der Waals surface area (Å²) in [6, 6.07) is 27.2. The van der Waals surface area contributed by atoms with Crippen molar-refractivity contribution in [2.24, 2.45) is 5.92 Å². The van der Waals surface area contributed by atoms with Crippen LogP contribution in [0.25, 0.3) is 0 Å². The molecule has 0 saturated carbocycles. The summed E-state index contributed by atoms with van der Waals surface area (Å²) in [6.45, 7) is 10.8. The first-order valence-corrected chi connectivity index (χ1v) is 16.3. The van der Waals surface area contributed by atoms with Gasteiger partial charge < -0.3 is 24.6 Å². The number of carbonyl (C=O) groups excluding carboxylic acids is 2. The number of piperidine rings is 1. The van der Waals surface area contributed by atoms with Crippen LogP contribution in [0.3, 0.4) is 0 Å². The molecule has 0 amide bonds. The summed E-state index contributed by atoms with van der Waals surface area (Å²) in [7, 11) is 3.98. The predicted molar refractivity (Wildman–Crippen MR) is 183 cm³/mol. The molecule has 1 N–H and O–H groups in total. The van der Waals surface area contributed by atoms with Crippen LogP contribution in [0.1, 0.15) is 57.2 Å². The van der Waals surface area contributed by atoms with Gasteiger partial charge in [-0.15, -0.1) is 0 Å². The Labute approximate surface area is 274 Å². The van der Waals surface area contributed by atoms with E-state index in [-0.39, 0.29) is 11.6 Å². The van der Waals surface area contributed by atoms with E-state index in [1.165, 1.54) is 11.1 Å². The zero-order valence-electron chi connectivity index (χ0n) is 28.1. The molecular weight excluding hydrogens is 576 g/mol. The average molecular weight is 625 g/mol. The summed E-state index contributed by atoms with van der Waals surface area (Å²) >= 11 is 0. The number of esters is 2. The number of anilines is 2. The first-order valence-electron chi connectivity index (χ1n) is 16.3. The van der Waals surface area contributed by atoms with E-state index >= 15 is 0 Å². The SMILES string of the molecule is CC(C)Cc1ccc(CN(C(Nc2ccc(N(C)C)cc2)=C2C(=O)OC(C)(C)OC2=O)C2CCN(Cc3ccccc3)CC2)cc1. The molecule has 2 aliphatic heterocycles. The van der Waals surface area contributed by atoms with Crippen molar-refractivity contribution in [3.63, 3.8) is 0 Å². The Morgan fingerprint density at radius 1 is 0.848 bits per heavy atom. The van der Waals surface area contributed by atoms with E-state index in [4.69, 9.17) is 9.47 Å². The van der Waals surface area contributed by atoms with Crippen molar-refractivity contribution >= 4 is 23.3 Å². The minimum absolute atomic E-state index is 0.0638. The number of hydrogen-bond acceptors (Lipinski definition) is 8. The van der Waals surface area contributed by atoms with Gasteiger partial charge in [0.1, 0.15) is 5.82 Å². The number of benzene rings is 3. The first kappa shape index (κ1) is 33.1. The minimum Gasteiger partial charge on any atom is -0.419 e. The van der Waals surface area contributed by atoms with Crippen molar-refractivity contribution in [3.05, 3.63) is 107 Å². The molecule has 0 atom stereocenters. The molecular formula is C38H48N4O4. The van der Waals surface area contributed by atoms with Crippen molar-refractivity contribution in [2.75, 3.05) is 37.4 Å². The predicted octanol–water partition coefficient (Wildman–Crippen LogP) is 6.58. The Kier molecular flexibility index (Phi) is 10.4. The second-order valence-corrected chi connectivity index (χ2v) is 13.5. The molecule has 0 aromatic heterocycles. The smallest absolute Gasteiger partial charge is 0.352 e. The van der Waals surface area contributed by atoms with Gasteiger partial charge >= 0.3 is 11.9 Å². The topological polar surface area (TPSA) is 74.4 Å². The lowest BCUT2D eigenvalue weighted by atomic mass is 9.99. The van der Waals surface area contributed by atoms with Crippen molar-refractivity contribution in [1.82, 2.24) is 9.80 Å². The van der Waals surface area contributed by atoms with Crippen LogP contribution in [0, 0.1) is 5.92 Å². The number of rotatable bonds is 11. The van der Waals surface area contributed by atoms with Gasteiger partial charge in [0.25, 0.3) is 5.79 Å². The van der Waals surface area contributed by atoms with Gasteiger partial charge in [-0.05, 0) is 66.1 Å². The van der Waals surface area contributed by atoms with Crippen molar-refractivity contribution in [2.45, 2.75) is 71.9 Å². The van der Waals surface area contributed by atoms with Crippen LogP contribution >= 0.6 is 0 Å². The van der Waals surface area contributed by atoms with Gasteiger partial charge in [0.2, 0.25) is 0 Å². The Balaban J connectivity index is 1.51. The number of nitrogens with zero attached hydrogens (tertiary/aromatic N) is 3. The van der Waals surface area contributed by atoms with E-state index in [0.29, 0.717) is 18.3 Å². The summed E-state index contributed by atoms with van der Waals surface area (Å²) in [5.74, 6) is -1.73. The fourth-order valence-corrected chi connectivity index (χ4v) is 6.17. The molecule has 2 fully saturated rings. The first-order chi connectivity index (χ1) is 22.0. The minimum atomic E-state index is -1.34. The van der Waals surface area contributed by atoms with Gasteiger partial charge in [-0.25, -0.2) is 9.59 Å². The highest BCUT2D eigenvalue weighted by Crippen LogP contribution is 2.32. The van der Waals surface area contributed by atoms with Crippen LogP contribution in [0.5, 0.6) is 0 Å². The molecule has 0 bridgehead atoms. The summed E-state index contributed by atoms with van der Waals surface area (Å²) in [5.41, 5.74) is 5.37. The monoisotopic (exact) mass is 624 g/mol. The molecule has 0 radical (unpaired) electrons. The molecule has 8 heteroatoms. The second-order valence-electron chi connectivity index (χ2n) is 13.5. The molecule has 3 aromatic carbocycles. The Morgan fingerprint density at radius 2 is 1.43 bits per heavy atom. The average Bonchev–Trinajstić information content (AvgIpc) is 3.00. The normalized spacial score (nSPS) is 17.0. The fraction of sp³-hybridized carbons (Fsp3) is 0.421. The van der Waals surface area contributed by atoms with Gasteiger partial charge in [-0.1, -0.05) is 68.4 Å². The third-order valence-electron chi connectivity index (χ3n) is 8.52. The van der Waals surface area contributed by atoms with Gasteiger partial charge in [-0.3, -0.25) is 4.90 Å². The molecule has 244 valence electrons. The number of likely N-dealkylation sites (tertiary alicyclic amines) is 1. The largest absolute Gasteiger partial charge is 0.419 e. The molecule has 0 aliphatic carbocycles. The maximum absolute atomic E-state index is 13.6. The lowest BCUT2D eigenvalue weighted by Crippen LogP contribution is -2.48. The molecule has 2 aliphatic rings. The number of nitrogens with one attached hydrogen (secondary N) is 1. The molecule has 0 spiro atoms. The Bertz CT molecular complexity index is 1480. The van der Waals surface area contributed by atoms with E-state index in [1.54, 1.807) is 13.8 Å². The number of hydrogen-bond donors (Lipinski definition) is 1. The van der Waals surface area contributed by atoms with Crippen LogP contribution in [0.2, 0.25) is 0 Å². The van der Waals surface area contributed by atoms with E-state index in [2.05, 4.69) is 77.5 Å². The second kappa shape index (κ2) is 14.4. The van der Waals surface area contributed by atoms with Crippen molar-refractivity contribution in [1.29, 1.82) is 0 Å². The fourth-order valence-electron chi connectivity index (χ4n) is 6.17. The van der Waals surface area contributed by atoms with E-state index < -0.39 is 17.7 Å². The third-order valence-corrected chi connectivity index (χ3v) is 8.52. The summed E-state index contributed by atoms with van der Waals surface area (Å²) < 4.78 is 11.3. The van der Waals surface area contributed by atoms with Crippen LogP contribution < -0.4 is 10.2 Å². The van der Waals surface area contributed by atoms with Crippen LogP contribution in [-0.4, -0.2) is 60.8 Å². The maximum atomic E-state index is 13.6. The molecule has 5 rings (SSSR count). The Hall–Kier alpha value is -4.30. The number of ether oxygens (including phenoxy) is 2. The summed E-state index contributed by atoms with van der Waals surface area (Å²) in [4.78, 5) is 33.8. The molecule has 3 aromatic rings. The quantitative estimate of drug-likeness (QED) is 0.146. The standard InChI is InChI=1S/C38H48N4O4/c1-27(2)24-28-12-14-30(15-13-28)26-42(33-20-22-41(23-21-33)25-29-10-8-7-9-11-29)35(34-36(43)45-38(3,4)46-37(34)44)39-31-16-18-32(19-17-31)40(5)6/h7-19,27,33,39H,20-26H2,1-6H3. The molecule has 46 heavy (non-hydrogen) atoms. The van der Waals surface area contributed by atoms with Crippen LogP contribution in [0.4, 0.5) is 11.4 Å². The highest BCUT2D eigenvalue weighted by atomic mass is 16.7. The van der Waals surface area contributed by atoms with Gasteiger partial charge in [0.15, 0.2) is 5.57 Å². The maximum Gasteiger partial charge on any atom is 0.352 e. The van der Waals surface area contributed by atoms with Gasteiger partial charge in [0, 0.05) is 71.5 Å². The van der Waals surface area contributed by atoms with Gasteiger partial charge in [0.05, 0.1) is 0 Å². The highest BCUT2D eigenvalue weighted by molar-refractivity contribution is 6.16. The van der Waals surface area contributed by atoms with E-state index in [0.717, 1.165) is 55.8 Å². The van der Waals surface area contributed by atoms with Crippen LogP contribution in [0.15, 0.2) is 90.3 Å². The molecule has 8 nitrogen and oxygen atoms in total. The highest BCUT2D eigenvalue weighted by Gasteiger charge is 2.43. The zero-order valence-corrected chi connectivity index (χ0v) is 28.1. The zero-order chi connectivity index (χ0) is 32.8. The van der Waals surface area contributed by atoms with E-state index in [1.807, 2.05) is 49.3 Å². The molecule has 2 saturated heterocycles. The lowest BCUT2D eigenvalue weighted by Gasteiger charge is -2.42. The molecule has 2 heterocycles. The molecule has 0 unspecified atom stereocenters. The van der Waals surface area contributed by atoms with Crippen LogP contribution in [-0.2, 0) is 38.6 Å². The van der Waals surface area contributed by atoms with Crippen molar-refractivity contribution in [3.8, 4) is 0 Å². The van der Waals surface area contributed by atoms with E-state index in [9.17, 15) is 9.59 Å².